The van der Waals surface area contributed by atoms with Crippen LogP contribution in [0.15, 0.2) is 64.7 Å². The third kappa shape index (κ3) is 2.97. The van der Waals surface area contributed by atoms with E-state index in [4.69, 9.17) is 9.47 Å². The molecule has 0 bridgehead atoms. The van der Waals surface area contributed by atoms with Crippen molar-refractivity contribution < 1.29 is 14.3 Å². The Hall–Kier alpha value is -2.33. The van der Waals surface area contributed by atoms with E-state index in [2.05, 4.69) is 15.9 Å². The fourth-order valence-electron chi connectivity index (χ4n) is 2.22. The first-order valence-electron chi connectivity index (χ1n) is 6.72. The van der Waals surface area contributed by atoms with E-state index >= 15 is 0 Å². The largest absolute Gasteiger partial charge is 0.496 e. The number of ether oxygens (including phenoxy) is 2. The molecule has 4 heteroatoms. The summed E-state index contributed by atoms with van der Waals surface area (Å²) >= 11 is 3.42. The number of rotatable bonds is 3. The molecule has 1 aliphatic heterocycles. The van der Waals surface area contributed by atoms with Gasteiger partial charge in [-0.15, -0.1) is 0 Å². The highest BCUT2D eigenvalue weighted by atomic mass is 79.9. The van der Waals surface area contributed by atoms with Crippen LogP contribution in [0, 0.1) is 0 Å². The van der Waals surface area contributed by atoms with Gasteiger partial charge >= 0.3 is 5.97 Å². The van der Waals surface area contributed by atoms with Crippen molar-refractivity contribution in [3.8, 4) is 5.75 Å². The maximum absolute atomic E-state index is 12.1. The van der Waals surface area contributed by atoms with E-state index in [1.807, 2.05) is 48.5 Å². The lowest BCUT2D eigenvalue weighted by Gasteiger charge is -2.05. The smallest absolute Gasteiger partial charge is 0.343 e. The van der Waals surface area contributed by atoms with E-state index in [1.54, 1.807) is 19.3 Å². The van der Waals surface area contributed by atoms with Crippen molar-refractivity contribution in [2.75, 3.05) is 7.11 Å². The SMILES string of the molecule is COc1ccc(Br)cc1/C=C1/C=C(c2ccccc2)OC1=O. The van der Waals surface area contributed by atoms with Crippen LogP contribution in [-0.4, -0.2) is 13.1 Å². The molecule has 1 aliphatic rings. The van der Waals surface area contributed by atoms with Crippen molar-refractivity contribution in [2.45, 2.75) is 0 Å². The summed E-state index contributed by atoms with van der Waals surface area (Å²) in [5.41, 5.74) is 2.19. The second-order valence-electron chi connectivity index (χ2n) is 4.75. The van der Waals surface area contributed by atoms with Gasteiger partial charge in [0.05, 0.1) is 12.7 Å². The standard InChI is InChI=1S/C18H13BrO3/c1-21-16-8-7-15(19)10-13(16)9-14-11-17(22-18(14)20)12-5-3-2-4-6-12/h2-11H,1H3/b14-9-. The van der Waals surface area contributed by atoms with Crippen LogP contribution < -0.4 is 4.74 Å². The van der Waals surface area contributed by atoms with E-state index in [1.165, 1.54) is 0 Å². The molecule has 0 unspecified atom stereocenters. The number of benzene rings is 2. The van der Waals surface area contributed by atoms with E-state index in [0.717, 1.165) is 15.6 Å². The zero-order valence-corrected chi connectivity index (χ0v) is 13.5. The zero-order valence-electron chi connectivity index (χ0n) is 11.9. The van der Waals surface area contributed by atoms with Gasteiger partial charge in [-0.3, -0.25) is 0 Å². The molecule has 0 fully saturated rings. The molecule has 0 atom stereocenters. The van der Waals surface area contributed by atoms with Crippen molar-refractivity contribution in [1.82, 2.24) is 0 Å². The third-order valence-electron chi connectivity index (χ3n) is 3.29. The summed E-state index contributed by atoms with van der Waals surface area (Å²) in [5, 5.41) is 0. The first-order valence-corrected chi connectivity index (χ1v) is 7.51. The molecule has 22 heavy (non-hydrogen) atoms. The minimum Gasteiger partial charge on any atom is -0.496 e. The van der Waals surface area contributed by atoms with Gasteiger partial charge in [0.25, 0.3) is 0 Å². The maximum Gasteiger partial charge on any atom is 0.343 e. The highest BCUT2D eigenvalue weighted by Crippen LogP contribution is 2.30. The number of esters is 1. The Morgan fingerprint density at radius 2 is 1.91 bits per heavy atom. The Labute approximate surface area is 137 Å². The Morgan fingerprint density at radius 1 is 1.14 bits per heavy atom. The average Bonchev–Trinajstić information content (AvgIpc) is 2.90. The fraction of sp³-hybridized carbons (Fsp3) is 0.0556. The number of methoxy groups -OCH3 is 1. The summed E-state index contributed by atoms with van der Waals surface area (Å²) in [4.78, 5) is 12.1. The summed E-state index contributed by atoms with van der Waals surface area (Å²) in [5.74, 6) is 0.900. The third-order valence-corrected chi connectivity index (χ3v) is 3.78. The average molecular weight is 357 g/mol. The molecule has 1 heterocycles. The van der Waals surface area contributed by atoms with E-state index < -0.39 is 0 Å². The number of halogens is 1. The highest BCUT2D eigenvalue weighted by Gasteiger charge is 2.22. The quantitative estimate of drug-likeness (QED) is 0.602. The first-order chi connectivity index (χ1) is 10.7. The van der Waals surface area contributed by atoms with Gasteiger partial charge in [0, 0.05) is 15.6 Å². The molecule has 2 aromatic rings. The lowest BCUT2D eigenvalue weighted by molar-refractivity contribution is -0.130. The van der Waals surface area contributed by atoms with E-state index in [9.17, 15) is 4.79 Å². The molecule has 3 nitrogen and oxygen atoms in total. The fourth-order valence-corrected chi connectivity index (χ4v) is 2.60. The molecule has 0 spiro atoms. The van der Waals surface area contributed by atoms with Crippen molar-refractivity contribution in [1.29, 1.82) is 0 Å². The number of hydrogen-bond acceptors (Lipinski definition) is 3. The molecule has 110 valence electrons. The monoisotopic (exact) mass is 356 g/mol. The Bertz CT molecular complexity index is 776. The normalized spacial score (nSPS) is 15.6. The summed E-state index contributed by atoms with van der Waals surface area (Å²) < 4.78 is 11.6. The molecular formula is C18H13BrO3. The molecular weight excluding hydrogens is 344 g/mol. The van der Waals surface area contributed by atoms with Crippen molar-refractivity contribution in [2.24, 2.45) is 0 Å². The van der Waals surface area contributed by atoms with Crippen LogP contribution in [0.4, 0.5) is 0 Å². The maximum atomic E-state index is 12.1. The summed E-state index contributed by atoms with van der Waals surface area (Å²) in [6.45, 7) is 0. The molecule has 0 aliphatic carbocycles. The van der Waals surface area contributed by atoms with Crippen LogP contribution in [0.1, 0.15) is 11.1 Å². The molecule has 3 rings (SSSR count). The van der Waals surface area contributed by atoms with Gasteiger partial charge in [0.15, 0.2) is 0 Å². The van der Waals surface area contributed by atoms with E-state index in [-0.39, 0.29) is 5.97 Å². The number of carbonyl (C=O) groups excluding carboxylic acids is 1. The Balaban J connectivity index is 2.00. The molecule has 2 aromatic carbocycles. The topological polar surface area (TPSA) is 35.5 Å². The van der Waals surface area contributed by atoms with Crippen LogP contribution in [0.3, 0.4) is 0 Å². The van der Waals surface area contributed by atoms with Gasteiger partial charge in [-0.25, -0.2) is 4.79 Å². The van der Waals surface area contributed by atoms with Gasteiger partial charge < -0.3 is 9.47 Å². The van der Waals surface area contributed by atoms with E-state index in [0.29, 0.717) is 17.1 Å². The van der Waals surface area contributed by atoms with Crippen LogP contribution in [-0.2, 0) is 9.53 Å². The molecule has 0 radical (unpaired) electrons. The van der Waals surface area contributed by atoms with Crippen molar-refractivity contribution in [3.05, 3.63) is 75.8 Å². The van der Waals surface area contributed by atoms with Crippen molar-refractivity contribution in [3.63, 3.8) is 0 Å². The second-order valence-corrected chi connectivity index (χ2v) is 5.67. The van der Waals surface area contributed by atoms with Crippen LogP contribution in [0.25, 0.3) is 11.8 Å². The van der Waals surface area contributed by atoms with Crippen LogP contribution in [0.2, 0.25) is 0 Å². The number of hydrogen-bond donors (Lipinski definition) is 0. The van der Waals surface area contributed by atoms with Gasteiger partial charge in [0.2, 0.25) is 0 Å². The lowest BCUT2D eigenvalue weighted by Crippen LogP contribution is -1.97. The molecule has 0 amide bonds. The van der Waals surface area contributed by atoms with Gasteiger partial charge in [-0.2, -0.15) is 0 Å². The van der Waals surface area contributed by atoms with Crippen LogP contribution >= 0.6 is 15.9 Å². The molecule has 0 N–H and O–H groups in total. The summed E-state index contributed by atoms with van der Waals surface area (Å²) in [6.07, 6.45) is 3.51. The molecule has 0 aromatic heterocycles. The minimum atomic E-state index is -0.360. The van der Waals surface area contributed by atoms with Crippen LogP contribution in [0.5, 0.6) is 5.75 Å². The first kappa shape index (κ1) is 14.6. The van der Waals surface area contributed by atoms with Gasteiger partial charge in [-0.05, 0) is 30.4 Å². The van der Waals surface area contributed by atoms with Gasteiger partial charge in [0.1, 0.15) is 11.5 Å². The van der Waals surface area contributed by atoms with Crippen molar-refractivity contribution >= 4 is 33.7 Å². The highest BCUT2D eigenvalue weighted by molar-refractivity contribution is 9.10. The summed E-state index contributed by atoms with van der Waals surface area (Å²) in [7, 11) is 1.60. The molecule has 0 saturated carbocycles. The molecule has 0 saturated heterocycles. The Kier molecular flexibility index (Phi) is 4.11. The zero-order chi connectivity index (χ0) is 15.5. The van der Waals surface area contributed by atoms with Gasteiger partial charge in [-0.1, -0.05) is 46.3 Å². The predicted octanol–water partition coefficient (Wildman–Crippen LogP) is 4.44. The Morgan fingerprint density at radius 3 is 2.64 bits per heavy atom. The minimum absolute atomic E-state index is 0.360. The second kappa shape index (κ2) is 6.20. The number of carbonyl (C=O) groups is 1. The number of cyclic esters (lactones) is 1. The predicted molar refractivity (Wildman–Crippen MR) is 89.2 cm³/mol. The summed E-state index contributed by atoms with van der Waals surface area (Å²) in [6, 6.07) is 15.2. The lowest BCUT2D eigenvalue weighted by atomic mass is 10.1.